The molecule has 1 atom stereocenters. The molecule has 1 unspecified atom stereocenters. The van der Waals surface area contributed by atoms with Crippen LogP contribution < -0.4 is 16.2 Å². The van der Waals surface area contributed by atoms with Gasteiger partial charge in [-0.3, -0.25) is 0 Å². The van der Waals surface area contributed by atoms with Crippen LogP contribution in [0, 0.1) is 6.92 Å². The number of hydrogen-bond donors (Lipinski definition) is 2. The summed E-state index contributed by atoms with van der Waals surface area (Å²) in [6.07, 6.45) is 3.63. The van der Waals surface area contributed by atoms with E-state index in [1.165, 1.54) is 25.0 Å². The molecular formula is C14H23N5S. The molecule has 3 N–H and O–H groups in total. The smallest absolute Gasteiger partial charge is 0.148 e. The van der Waals surface area contributed by atoms with E-state index in [0.717, 1.165) is 36.1 Å². The second kappa shape index (κ2) is 5.77. The fraction of sp³-hybridized carbons (Fsp3) is 0.714. The quantitative estimate of drug-likeness (QED) is 0.656. The van der Waals surface area contributed by atoms with Crippen molar-refractivity contribution in [3.63, 3.8) is 0 Å². The van der Waals surface area contributed by atoms with Crippen molar-refractivity contribution in [1.82, 2.24) is 9.97 Å². The molecule has 1 aromatic heterocycles. The lowest BCUT2D eigenvalue weighted by Crippen LogP contribution is -2.39. The van der Waals surface area contributed by atoms with Crippen molar-refractivity contribution in [2.45, 2.75) is 44.3 Å². The summed E-state index contributed by atoms with van der Waals surface area (Å²) in [5.74, 6) is 10.2. The summed E-state index contributed by atoms with van der Waals surface area (Å²) in [6, 6.07) is 0. The van der Waals surface area contributed by atoms with E-state index in [4.69, 9.17) is 10.8 Å². The van der Waals surface area contributed by atoms with Gasteiger partial charge in [-0.25, -0.2) is 15.8 Å². The van der Waals surface area contributed by atoms with E-state index in [1.54, 1.807) is 0 Å². The number of nitrogen functional groups attached to an aromatic ring is 1. The number of hydrazine groups is 1. The number of aromatic nitrogens is 2. The van der Waals surface area contributed by atoms with Crippen molar-refractivity contribution in [3.8, 4) is 0 Å². The van der Waals surface area contributed by atoms with Gasteiger partial charge in [-0.2, -0.15) is 11.8 Å². The molecule has 0 spiro atoms. The lowest BCUT2D eigenvalue weighted by Gasteiger charge is -2.34. The van der Waals surface area contributed by atoms with Crippen LogP contribution in [0.2, 0.25) is 0 Å². The summed E-state index contributed by atoms with van der Waals surface area (Å²) in [6.45, 7) is 6.46. The first-order valence-corrected chi connectivity index (χ1v) is 8.49. The third-order valence-electron chi connectivity index (χ3n) is 4.11. The van der Waals surface area contributed by atoms with Gasteiger partial charge < -0.3 is 10.3 Å². The highest BCUT2D eigenvalue weighted by molar-refractivity contribution is 8.00. The Bertz CT molecular complexity index is 489. The Labute approximate surface area is 124 Å². The maximum atomic E-state index is 5.63. The summed E-state index contributed by atoms with van der Waals surface area (Å²) in [4.78, 5) is 11.8. The summed E-state index contributed by atoms with van der Waals surface area (Å²) in [5.41, 5.74) is 3.81. The van der Waals surface area contributed by atoms with Gasteiger partial charge in [0.25, 0.3) is 0 Å². The molecule has 0 aromatic carbocycles. The largest absolute Gasteiger partial charge is 0.354 e. The predicted molar refractivity (Wildman–Crippen MR) is 85.3 cm³/mol. The van der Waals surface area contributed by atoms with Crippen LogP contribution in [0.3, 0.4) is 0 Å². The van der Waals surface area contributed by atoms with Gasteiger partial charge in [0.15, 0.2) is 0 Å². The molecule has 1 aromatic rings. The Balaban J connectivity index is 1.92. The molecule has 1 saturated heterocycles. The number of thioether (sulfide) groups is 1. The standard InChI is InChI=1S/C14H23N5S/c1-3-11-8-19(6-7-20-11)14-9(2)12(18-15)16-13(17-14)10-4-5-10/h10-11H,3-8,15H2,1-2H3,(H,16,17,18). The Morgan fingerprint density at radius 1 is 1.40 bits per heavy atom. The summed E-state index contributed by atoms with van der Waals surface area (Å²) < 4.78 is 0. The van der Waals surface area contributed by atoms with Crippen LogP contribution in [0.4, 0.5) is 11.6 Å². The van der Waals surface area contributed by atoms with Gasteiger partial charge in [0.1, 0.15) is 17.5 Å². The summed E-state index contributed by atoms with van der Waals surface area (Å²) >= 11 is 2.07. The number of anilines is 2. The van der Waals surface area contributed by atoms with Crippen LogP contribution in [0.5, 0.6) is 0 Å². The van der Waals surface area contributed by atoms with Crippen LogP contribution in [-0.2, 0) is 0 Å². The molecule has 2 aliphatic rings. The Morgan fingerprint density at radius 3 is 2.85 bits per heavy atom. The number of nitrogens with zero attached hydrogens (tertiary/aromatic N) is 3. The average molecular weight is 293 g/mol. The molecule has 5 nitrogen and oxygen atoms in total. The highest BCUT2D eigenvalue weighted by Crippen LogP contribution is 2.40. The zero-order valence-corrected chi connectivity index (χ0v) is 13.0. The van der Waals surface area contributed by atoms with E-state index in [0.29, 0.717) is 11.2 Å². The van der Waals surface area contributed by atoms with Crippen molar-refractivity contribution in [1.29, 1.82) is 0 Å². The first-order chi connectivity index (χ1) is 9.72. The topological polar surface area (TPSA) is 67.1 Å². The van der Waals surface area contributed by atoms with Gasteiger partial charge in [0, 0.05) is 35.6 Å². The minimum absolute atomic E-state index is 0.544. The van der Waals surface area contributed by atoms with Crippen LogP contribution in [0.1, 0.15) is 43.5 Å². The minimum Gasteiger partial charge on any atom is -0.354 e. The number of hydrogen-bond acceptors (Lipinski definition) is 6. The summed E-state index contributed by atoms with van der Waals surface area (Å²) in [7, 11) is 0. The SMILES string of the molecule is CCC1CN(c2nc(C3CC3)nc(NN)c2C)CCS1. The van der Waals surface area contributed by atoms with E-state index in [9.17, 15) is 0 Å². The van der Waals surface area contributed by atoms with E-state index in [2.05, 4.69) is 40.9 Å². The maximum absolute atomic E-state index is 5.63. The second-order valence-corrected chi connectivity index (χ2v) is 7.05. The number of rotatable bonds is 4. The van der Waals surface area contributed by atoms with Crippen molar-refractivity contribution < 1.29 is 0 Å². The molecule has 0 amide bonds. The normalized spacial score (nSPS) is 22.9. The maximum Gasteiger partial charge on any atom is 0.148 e. The highest BCUT2D eigenvalue weighted by atomic mass is 32.2. The molecule has 110 valence electrons. The molecule has 1 aliphatic heterocycles. The molecule has 0 bridgehead atoms. The fourth-order valence-electron chi connectivity index (χ4n) is 2.65. The van der Waals surface area contributed by atoms with Crippen LogP contribution in [0.15, 0.2) is 0 Å². The van der Waals surface area contributed by atoms with Crippen molar-refractivity contribution in [2.75, 3.05) is 29.2 Å². The van der Waals surface area contributed by atoms with Gasteiger partial charge in [0.2, 0.25) is 0 Å². The zero-order valence-electron chi connectivity index (χ0n) is 12.2. The molecule has 20 heavy (non-hydrogen) atoms. The van der Waals surface area contributed by atoms with Crippen LogP contribution in [0.25, 0.3) is 0 Å². The van der Waals surface area contributed by atoms with Gasteiger partial charge in [0.05, 0.1) is 0 Å². The molecule has 6 heteroatoms. The first-order valence-electron chi connectivity index (χ1n) is 7.44. The van der Waals surface area contributed by atoms with Crippen LogP contribution in [-0.4, -0.2) is 34.1 Å². The molecule has 2 fully saturated rings. The molecule has 3 rings (SSSR count). The molecule has 0 radical (unpaired) electrons. The number of nitrogens with one attached hydrogen (secondary N) is 1. The van der Waals surface area contributed by atoms with E-state index in [-0.39, 0.29) is 0 Å². The molecule has 1 saturated carbocycles. The minimum atomic E-state index is 0.544. The number of nitrogens with two attached hydrogens (primary N) is 1. The summed E-state index contributed by atoms with van der Waals surface area (Å²) in [5, 5.41) is 0.705. The molecule has 1 aliphatic carbocycles. The van der Waals surface area contributed by atoms with Crippen molar-refractivity contribution >= 4 is 23.4 Å². The predicted octanol–water partition coefficient (Wildman–Crippen LogP) is 2.28. The Hall–Kier alpha value is -1.01. The Kier molecular flexibility index (Phi) is 4.03. The zero-order chi connectivity index (χ0) is 14.1. The van der Waals surface area contributed by atoms with Crippen LogP contribution >= 0.6 is 11.8 Å². The van der Waals surface area contributed by atoms with Crippen molar-refractivity contribution in [3.05, 3.63) is 11.4 Å². The van der Waals surface area contributed by atoms with Gasteiger partial charge in [-0.15, -0.1) is 0 Å². The Morgan fingerprint density at radius 2 is 2.20 bits per heavy atom. The van der Waals surface area contributed by atoms with E-state index in [1.807, 2.05) is 0 Å². The third kappa shape index (κ3) is 2.72. The second-order valence-electron chi connectivity index (χ2n) is 5.64. The first kappa shape index (κ1) is 13.9. The molecule has 2 heterocycles. The van der Waals surface area contributed by atoms with Gasteiger partial charge in [-0.05, 0) is 26.2 Å². The van der Waals surface area contributed by atoms with E-state index >= 15 is 0 Å². The van der Waals surface area contributed by atoms with Gasteiger partial charge in [-0.1, -0.05) is 6.92 Å². The fourth-order valence-corrected chi connectivity index (χ4v) is 3.83. The monoisotopic (exact) mass is 293 g/mol. The lowest BCUT2D eigenvalue weighted by atomic mass is 10.2. The highest BCUT2D eigenvalue weighted by Gasteiger charge is 2.30. The van der Waals surface area contributed by atoms with Crippen molar-refractivity contribution in [2.24, 2.45) is 5.84 Å². The van der Waals surface area contributed by atoms with Gasteiger partial charge >= 0.3 is 0 Å². The average Bonchev–Trinajstić information content (AvgIpc) is 3.32. The lowest BCUT2D eigenvalue weighted by molar-refractivity contribution is 0.712. The molecular weight excluding hydrogens is 270 g/mol. The third-order valence-corrected chi connectivity index (χ3v) is 5.48. The van der Waals surface area contributed by atoms with E-state index < -0.39 is 0 Å².